The molecule has 0 unspecified atom stereocenters. The van der Waals surface area contributed by atoms with Gasteiger partial charge in [-0.25, -0.2) is 4.39 Å². The van der Waals surface area contributed by atoms with Crippen molar-refractivity contribution >= 4 is 39.3 Å². The van der Waals surface area contributed by atoms with Gasteiger partial charge in [0.15, 0.2) is 0 Å². The molecule has 1 aromatic heterocycles. The van der Waals surface area contributed by atoms with E-state index in [1.54, 1.807) is 6.07 Å². The fraction of sp³-hybridized carbons (Fsp3) is 0.118. The van der Waals surface area contributed by atoms with E-state index in [2.05, 4.69) is 31.4 Å². The van der Waals surface area contributed by atoms with Gasteiger partial charge in [-0.1, -0.05) is 45.4 Å². The van der Waals surface area contributed by atoms with Crippen molar-refractivity contribution in [2.75, 3.05) is 11.1 Å². The molecule has 0 aliphatic carbocycles. The van der Waals surface area contributed by atoms with Gasteiger partial charge in [0.05, 0.1) is 11.4 Å². The molecule has 0 aliphatic rings. The molecule has 25 heavy (non-hydrogen) atoms. The molecule has 0 saturated carbocycles. The number of anilines is 1. The molecular formula is C17H13BrFN3O2S. The Morgan fingerprint density at radius 3 is 2.72 bits per heavy atom. The summed E-state index contributed by atoms with van der Waals surface area (Å²) >= 11 is 4.26. The summed E-state index contributed by atoms with van der Waals surface area (Å²) in [4.78, 5) is 11.9. The molecule has 1 N–H and O–H groups in total. The van der Waals surface area contributed by atoms with Gasteiger partial charge < -0.3 is 9.73 Å². The Hall–Kier alpha value is -2.19. The predicted octanol–water partition coefficient (Wildman–Crippen LogP) is 4.68. The van der Waals surface area contributed by atoms with Gasteiger partial charge in [0.2, 0.25) is 11.8 Å². The number of hydrogen-bond donors (Lipinski definition) is 1. The van der Waals surface area contributed by atoms with Crippen molar-refractivity contribution in [3.05, 3.63) is 58.3 Å². The molecule has 0 spiro atoms. The van der Waals surface area contributed by atoms with Gasteiger partial charge in [0, 0.05) is 10.0 Å². The van der Waals surface area contributed by atoms with Crippen LogP contribution < -0.4 is 5.32 Å². The molecular weight excluding hydrogens is 409 g/mol. The first-order valence-electron chi connectivity index (χ1n) is 7.29. The molecule has 3 rings (SSSR count). The second-order valence-corrected chi connectivity index (χ2v) is 7.04. The molecule has 0 saturated heterocycles. The number of aromatic nitrogens is 2. The Kier molecular flexibility index (Phi) is 5.50. The molecule has 128 valence electrons. The minimum Gasteiger partial charge on any atom is -0.411 e. The van der Waals surface area contributed by atoms with E-state index in [0.717, 1.165) is 22.9 Å². The maximum atomic E-state index is 13.7. The Bertz CT molecular complexity index is 899. The van der Waals surface area contributed by atoms with E-state index in [9.17, 15) is 9.18 Å². The van der Waals surface area contributed by atoms with Gasteiger partial charge in [0.25, 0.3) is 5.22 Å². The van der Waals surface area contributed by atoms with Crippen LogP contribution in [0.5, 0.6) is 0 Å². The molecule has 0 fully saturated rings. The van der Waals surface area contributed by atoms with Crippen molar-refractivity contribution < 1.29 is 13.6 Å². The molecule has 8 heteroatoms. The van der Waals surface area contributed by atoms with E-state index in [1.807, 2.05) is 31.2 Å². The number of nitrogens with zero attached hydrogens (tertiary/aromatic N) is 2. The second kappa shape index (κ2) is 7.79. The van der Waals surface area contributed by atoms with Crippen molar-refractivity contribution in [3.8, 4) is 11.5 Å². The van der Waals surface area contributed by atoms with Gasteiger partial charge in [0.1, 0.15) is 5.82 Å². The van der Waals surface area contributed by atoms with E-state index >= 15 is 0 Å². The summed E-state index contributed by atoms with van der Waals surface area (Å²) in [5.74, 6) is -0.444. The van der Waals surface area contributed by atoms with Crippen molar-refractivity contribution in [1.82, 2.24) is 10.2 Å². The number of carbonyl (C=O) groups excluding carboxylic acids is 1. The fourth-order valence-corrected chi connectivity index (χ4v) is 2.88. The second-order valence-electron chi connectivity index (χ2n) is 5.20. The highest BCUT2D eigenvalue weighted by Crippen LogP contribution is 2.24. The third-order valence-electron chi connectivity index (χ3n) is 3.24. The van der Waals surface area contributed by atoms with Crippen LogP contribution in [0.4, 0.5) is 10.1 Å². The van der Waals surface area contributed by atoms with Crippen LogP contribution in [0, 0.1) is 12.7 Å². The highest BCUT2D eigenvalue weighted by Gasteiger charge is 2.12. The maximum Gasteiger partial charge on any atom is 0.277 e. The lowest BCUT2D eigenvalue weighted by atomic mass is 10.1. The number of hydrogen-bond acceptors (Lipinski definition) is 5. The van der Waals surface area contributed by atoms with E-state index in [4.69, 9.17) is 4.42 Å². The highest BCUT2D eigenvalue weighted by molar-refractivity contribution is 9.10. The number of thioether (sulfide) groups is 1. The predicted molar refractivity (Wildman–Crippen MR) is 97.9 cm³/mol. The van der Waals surface area contributed by atoms with Crippen molar-refractivity contribution in [2.24, 2.45) is 0 Å². The standard InChI is InChI=1S/C17H13BrFN3O2S/c1-10-2-4-11(5-3-10)16-21-22-17(24-16)25-9-15(23)20-14-7-6-12(18)8-13(14)19/h2-8H,9H2,1H3,(H,20,23). The van der Waals surface area contributed by atoms with Gasteiger partial charge in [-0.3, -0.25) is 4.79 Å². The third kappa shape index (κ3) is 4.67. The van der Waals surface area contributed by atoms with Crippen molar-refractivity contribution in [2.45, 2.75) is 12.1 Å². The van der Waals surface area contributed by atoms with E-state index in [0.29, 0.717) is 10.4 Å². The lowest BCUT2D eigenvalue weighted by Crippen LogP contribution is -2.15. The Balaban J connectivity index is 1.58. The molecule has 1 amide bonds. The van der Waals surface area contributed by atoms with Crippen LogP contribution in [-0.2, 0) is 4.79 Å². The number of halogens is 2. The normalized spacial score (nSPS) is 10.7. The summed E-state index contributed by atoms with van der Waals surface area (Å²) in [5.41, 5.74) is 2.07. The SMILES string of the molecule is Cc1ccc(-c2nnc(SCC(=O)Nc3ccc(Br)cc3F)o2)cc1. The zero-order chi connectivity index (χ0) is 17.8. The summed E-state index contributed by atoms with van der Waals surface area (Å²) in [6.07, 6.45) is 0. The van der Waals surface area contributed by atoms with E-state index in [1.165, 1.54) is 12.1 Å². The largest absolute Gasteiger partial charge is 0.411 e. The van der Waals surface area contributed by atoms with Gasteiger partial charge in [-0.05, 0) is 37.3 Å². The van der Waals surface area contributed by atoms with Crippen LogP contribution in [0.1, 0.15) is 5.56 Å². The van der Waals surface area contributed by atoms with Crippen molar-refractivity contribution in [1.29, 1.82) is 0 Å². The summed E-state index contributed by atoms with van der Waals surface area (Å²) in [6, 6.07) is 12.1. The van der Waals surface area contributed by atoms with Gasteiger partial charge in [-0.2, -0.15) is 0 Å². The summed E-state index contributed by atoms with van der Waals surface area (Å²) in [6.45, 7) is 1.99. The number of rotatable bonds is 5. The van der Waals surface area contributed by atoms with Crippen LogP contribution in [-0.4, -0.2) is 21.9 Å². The first-order valence-corrected chi connectivity index (χ1v) is 9.07. The van der Waals surface area contributed by atoms with Crippen LogP contribution >= 0.6 is 27.7 Å². The Labute approximate surface area is 156 Å². The summed E-state index contributed by atoms with van der Waals surface area (Å²) in [7, 11) is 0. The molecule has 1 heterocycles. The monoisotopic (exact) mass is 421 g/mol. The lowest BCUT2D eigenvalue weighted by Gasteiger charge is -2.05. The number of carbonyl (C=O) groups is 1. The van der Waals surface area contributed by atoms with E-state index < -0.39 is 5.82 Å². The summed E-state index contributed by atoms with van der Waals surface area (Å²) in [5, 5.41) is 10.7. The number of nitrogens with one attached hydrogen (secondary N) is 1. The minimum atomic E-state index is -0.507. The zero-order valence-electron chi connectivity index (χ0n) is 13.1. The minimum absolute atomic E-state index is 0.0328. The Morgan fingerprint density at radius 2 is 2.00 bits per heavy atom. The summed E-state index contributed by atoms with van der Waals surface area (Å²) < 4.78 is 19.8. The smallest absolute Gasteiger partial charge is 0.277 e. The van der Waals surface area contributed by atoms with Crippen LogP contribution in [0.3, 0.4) is 0 Å². The molecule has 3 aromatic rings. The average Bonchev–Trinajstić information content (AvgIpc) is 3.05. The quantitative estimate of drug-likeness (QED) is 0.605. The molecule has 5 nitrogen and oxygen atoms in total. The van der Waals surface area contributed by atoms with Crippen LogP contribution in [0.15, 0.2) is 56.6 Å². The van der Waals surface area contributed by atoms with Crippen molar-refractivity contribution in [3.63, 3.8) is 0 Å². The van der Waals surface area contributed by atoms with Crippen LogP contribution in [0.25, 0.3) is 11.5 Å². The molecule has 0 radical (unpaired) electrons. The molecule has 0 aliphatic heterocycles. The molecule has 2 aromatic carbocycles. The number of benzene rings is 2. The number of aryl methyl sites for hydroxylation is 1. The van der Waals surface area contributed by atoms with Gasteiger partial charge in [-0.15, -0.1) is 10.2 Å². The van der Waals surface area contributed by atoms with E-state index in [-0.39, 0.29) is 22.6 Å². The maximum absolute atomic E-state index is 13.7. The lowest BCUT2D eigenvalue weighted by molar-refractivity contribution is -0.113. The first kappa shape index (κ1) is 17.6. The topological polar surface area (TPSA) is 68.0 Å². The fourth-order valence-electron chi connectivity index (χ4n) is 1.99. The number of amides is 1. The zero-order valence-corrected chi connectivity index (χ0v) is 15.5. The molecule has 0 bridgehead atoms. The van der Waals surface area contributed by atoms with Crippen LogP contribution in [0.2, 0.25) is 0 Å². The first-order chi connectivity index (χ1) is 12.0. The molecule has 0 atom stereocenters. The third-order valence-corrected chi connectivity index (χ3v) is 4.55. The Morgan fingerprint density at radius 1 is 1.24 bits per heavy atom. The highest BCUT2D eigenvalue weighted by atomic mass is 79.9. The van der Waals surface area contributed by atoms with Gasteiger partial charge >= 0.3 is 0 Å². The average molecular weight is 422 g/mol.